The lowest BCUT2D eigenvalue weighted by molar-refractivity contribution is 0.0952. The first-order chi connectivity index (χ1) is 6.99. The zero-order valence-electron chi connectivity index (χ0n) is 7.59. The highest BCUT2D eigenvalue weighted by atomic mass is 35.5. The quantitative estimate of drug-likeness (QED) is 0.655. The fourth-order valence-corrected chi connectivity index (χ4v) is 0.929. The molecule has 0 atom stereocenters. The fourth-order valence-electron chi connectivity index (χ4n) is 0.862. The highest BCUT2D eigenvalue weighted by Gasteiger charge is 2.06. The molecule has 6 nitrogen and oxygen atoms in total. The Kier molecular flexibility index (Phi) is 3.46. The monoisotopic (exact) mass is 229 g/mol. The number of amides is 1. The first-order valence-corrected chi connectivity index (χ1v) is 4.32. The van der Waals surface area contributed by atoms with Crippen LogP contribution in [0.3, 0.4) is 0 Å². The van der Waals surface area contributed by atoms with Crippen molar-refractivity contribution in [2.45, 2.75) is 0 Å². The summed E-state index contributed by atoms with van der Waals surface area (Å²) < 4.78 is 0. The van der Waals surface area contributed by atoms with Crippen LogP contribution in [0.1, 0.15) is 10.5 Å². The van der Waals surface area contributed by atoms with E-state index in [9.17, 15) is 14.4 Å². The van der Waals surface area contributed by atoms with E-state index in [2.05, 4.69) is 16.9 Å². The van der Waals surface area contributed by atoms with Gasteiger partial charge >= 0.3 is 5.69 Å². The van der Waals surface area contributed by atoms with Gasteiger partial charge in [-0.25, -0.2) is 4.79 Å². The van der Waals surface area contributed by atoms with Crippen LogP contribution < -0.4 is 16.6 Å². The third-order valence-corrected chi connectivity index (χ3v) is 1.58. The first-order valence-electron chi connectivity index (χ1n) is 3.94. The molecule has 7 heteroatoms. The van der Waals surface area contributed by atoms with Crippen LogP contribution in [0.4, 0.5) is 0 Å². The average Bonchev–Trinajstić information content (AvgIpc) is 2.12. The SMILES string of the molecule is C=C(Cl)CNC(=O)c1cc(=O)[nH]c(=O)[nH]1. The number of H-pyrrole nitrogens is 2. The Balaban J connectivity index is 2.87. The Labute approximate surface area is 89.0 Å². The molecule has 0 saturated carbocycles. The van der Waals surface area contributed by atoms with Crippen LogP contribution in [-0.4, -0.2) is 22.4 Å². The summed E-state index contributed by atoms with van der Waals surface area (Å²) in [7, 11) is 0. The Morgan fingerprint density at radius 3 is 2.67 bits per heavy atom. The highest BCUT2D eigenvalue weighted by molar-refractivity contribution is 6.29. The molecule has 0 unspecified atom stereocenters. The molecule has 0 saturated heterocycles. The predicted molar refractivity (Wildman–Crippen MR) is 55.0 cm³/mol. The Hall–Kier alpha value is -1.82. The minimum atomic E-state index is -0.739. The molecule has 0 spiro atoms. The standard InChI is InChI=1S/C8H8ClN3O3/c1-4(9)3-10-7(14)5-2-6(13)12-8(15)11-5/h2H,1,3H2,(H,10,14)(H2,11,12,13,15). The van der Waals surface area contributed by atoms with Gasteiger partial charge in [0, 0.05) is 11.1 Å². The average molecular weight is 230 g/mol. The summed E-state index contributed by atoms with van der Waals surface area (Å²) in [5.74, 6) is -0.597. The van der Waals surface area contributed by atoms with Gasteiger partial charge in [0.25, 0.3) is 11.5 Å². The number of hydrogen-bond donors (Lipinski definition) is 3. The summed E-state index contributed by atoms with van der Waals surface area (Å²) in [6, 6.07) is 0.980. The molecule has 1 aromatic rings. The summed E-state index contributed by atoms with van der Waals surface area (Å²) >= 11 is 5.42. The number of hydrogen-bond acceptors (Lipinski definition) is 3. The maximum atomic E-state index is 11.3. The van der Waals surface area contributed by atoms with Gasteiger partial charge in [0.05, 0.1) is 6.54 Å². The van der Waals surface area contributed by atoms with Gasteiger partial charge < -0.3 is 10.3 Å². The van der Waals surface area contributed by atoms with E-state index in [-0.39, 0.29) is 17.3 Å². The van der Waals surface area contributed by atoms with Crippen molar-refractivity contribution in [2.24, 2.45) is 0 Å². The summed E-state index contributed by atoms with van der Waals surface area (Å²) in [5, 5.41) is 2.61. The van der Waals surface area contributed by atoms with Gasteiger partial charge in [0.15, 0.2) is 0 Å². The lowest BCUT2D eigenvalue weighted by Crippen LogP contribution is -2.31. The van der Waals surface area contributed by atoms with Crippen LogP contribution in [-0.2, 0) is 0 Å². The van der Waals surface area contributed by atoms with Gasteiger partial charge in [-0.15, -0.1) is 0 Å². The van der Waals surface area contributed by atoms with E-state index < -0.39 is 17.2 Å². The lowest BCUT2D eigenvalue weighted by Gasteiger charge is -2.02. The minimum Gasteiger partial charge on any atom is -0.346 e. The lowest BCUT2D eigenvalue weighted by atomic mass is 10.4. The molecule has 1 heterocycles. The Morgan fingerprint density at radius 1 is 1.47 bits per heavy atom. The van der Waals surface area contributed by atoms with Crippen LogP contribution >= 0.6 is 11.6 Å². The number of nitrogens with one attached hydrogen (secondary N) is 3. The summed E-state index contributed by atoms with van der Waals surface area (Å²) in [5.41, 5.74) is -1.51. The van der Waals surface area contributed by atoms with Crippen LogP contribution in [0.5, 0.6) is 0 Å². The smallest absolute Gasteiger partial charge is 0.326 e. The molecule has 1 amide bonds. The number of carbonyl (C=O) groups excluding carboxylic acids is 1. The third-order valence-electron chi connectivity index (χ3n) is 1.45. The molecular weight excluding hydrogens is 222 g/mol. The highest BCUT2D eigenvalue weighted by Crippen LogP contribution is 1.93. The second-order valence-electron chi connectivity index (χ2n) is 2.70. The first kappa shape index (κ1) is 11.3. The zero-order valence-corrected chi connectivity index (χ0v) is 8.35. The van der Waals surface area contributed by atoms with Gasteiger partial charge in [-0.2, -0.15) is 0 Å². The van der Waals surface area contributed by atoms with Crippen LogP contribution in [0.25, 0.3) is 0 Å². The van der Waals surface area contributed by atoms with Crippen molar-refractivity contribution in [1.82, 2.24) is 15.3 Å². The van der Waals surface area contributed by atoms with E-state index in [0.717, 1.165) is 6.07 Å². The molecule has 1 rings (SSSR count). The molecule has 3 N–H and O–H groups in total. The zero-order chi connectivity index (χ0) is 11.4. The van der Waals surface area contributed by atoms with E-state index >= 15 is 0 Å². The molecule has 0 aliphatic carbocycles. The van der Waals surface area contributed by atoms with E-state index in [1.54, 1.807) is 0 Å². The minimum absolute atomic E-state index is 0.0647. The van der Waals surface area contributed by atoms with Gasteiger partial charge in [-0.3, -0.25) is 14.6 Å². The molecule has 0 bridgehead atoms. The molecule has 15 heavy (non-hydrogen) atoms. The predicted octanol–water partition coefficient (Wildman–Crippen LogP) is -0.455. The van der Waals surface area contributed by atoms with E-state index in [4.69, 9.17) is 11.6 Å². The molecule has 0 aliphatic heterocycles. The van der Waals surface area contributed by atoms with Gasteiger partial charge in [0.2, 0.25) is 0 Å². The van der Waals surface area contributed by atoms with E-state index in [1.807, 2.05) is 4.98 Å². The number of aromatic amines is 2. The normalized spacial score (nSPS) is 9.67. The number of rotatable bonds is 3. The molecular formula is C8H8ClN3O3. The maximum Gasteiger partial charge on any atom is 0.326 e. The van der Waals surface area contributed by atoms with Crippen LogP contribution in [0.15, 0.2) is 27.3 Å². The van der Waals surface area contributed by atoms with Gasteiger partial charge in [0.1, 0.15) is 5.69 Å². The summed E-state index contributed by atoms with van der Waals surface area (Å²) in [6.07, 6.45) is 0. The molecule has 0 fully saturated rings. The third kappa shape index (κ3) is 3.43. The maximum absolute atomic E-state index is 11.3. The van der Waals surface area contributed by atoms with Crippen molar-refractivity contribution < 1.29 is 4.79 Å². The van der Waals surface area contributed by atoms with Gasteiger partial charge in [-0.1, -0.05) is 18.2 Å². The topological polar surface area (TPSA) is 94.8 Å². The molecule has 80 valence electrons. The number of carbonyl (C=O) groups is 1. The summed E-state index contributed by atoms with van der Waals surface area (Å²) in [6.45, 7) is 3.43. The van der Waals surface area contributed by atoms with Crippen molar-refractivity contribution in [3.05, 3.63) is 44.2 Å². The van der Waals surface area contributed by atoms with Crippen molar-refractivity contribution in [2.75, 3.05) is 6.54 Å². The van der Waals surface area contributed by atoms with Crippen LogP contribution in [0, 0.1) is 0 Å². The Morgan fingerprint density at radius 2 is 2.13 bits per heavy atom. The van der Waals surface area contributed by atoms with Crippen molar-refractivity contribution in [1.29, 1.82) is 0 Å². The molecule has 0 aromatic carbocycles. The molecule has 0 radical (unpaired) electrons. The number of aromatic nitrogens is 2. The number of halogens is 1. The van der Waals surface area contributed by atoms with E-state index in [1.165, 1.54) is 0 Å². The van der Waals surface area contributed by atoms with Crippen molar-refractivity contribution in [3.63, 3.8) is 0 Å². The summed E-state index contributed by atoms with van der Waals surface area (Å²) in [4.78, 5) is 37.1. The second kappa shape index (κ2) is 4.61. The van der Waals surface area contributed by atoms with Gasteiger partial charge in [-0.05, 0) is 0 Å². The van der Waals surface area contributed by atoms with E-state index in [0.29, 0.717) is 0 Å². The largest absolute Gasteiger partial charge is 0.346 e. The molecule has 1 aromatic heterocycles. The second-order valence-corrected chi connectivity index (χ2v) is 3.24. The fraction of sp³-hybridized carbons (Fsp3) is 0.125. The molecule has 0 aliphatic rings. The van der Waals surface area contributed by atoms with Crippen LogP contribution in [0.2, 0.25) is 0 Å². The Bertz CT molecular complexity index is 474. The van der Waals surface area contributed by atoms with Crippen molar-refractivity contribution >= 4 is 17.5 Å². The van der Waals surface area contributed by atoms with Crippen molar-refractivity contribution in [3.8, 4) is 0 Å².